The van der Waals surface area contributed by atoms with E-state index < -0.39 is 59.1 Å². The number of rotatable bonds is 17. The van der Waals surface area contributed by atoms with Gasteiger partial charge < -0.3 is 26.4 Å². The second kappa shape index (κ2) is 18.8. The molecule has 2 unspecified atom stereocenters. The molecular formula is C44H49N4O8PS. The molecule has 0 heterocycles. The quantitative estimate of drug-likeness (QED) is 0.0667. The third kappa shape index (κ3) is 12.2. The standard InChI is InChI=1S/C44H49N4O8PS/c1-44(2,3)35-20-24-37(25-21-35)58(55,56)48-41(28-30-10-6-4-7-11-30)57(53,54)29-40(50)46-39(27-31-14-18-34(19-15-31)33-12-8-5-9-13-33)43(52)47-38(42(45)51)26-32-16-22-36(49)23-17-32/h4-25,38-39,41,48-49H,26-29H2,1-3H3,(H2,45,51)(H,46,50)(H,47,52)(H,53,54)/t38-,39-,41?/m0/s1. The molecule has 5 aromatic rings. The Bertz CT molecular complexity index is 2340. The Balaban J connectivity index is 1.39. The van der Waals surface area contributed by atoms with Crippen LogP contribution in [0.4, 0.5) is 0 Å². The molecule has 0 saturated heterocycles. The summed E-state index contributed by atoms with van der Waals surface area (Å²) in [6, 6.07) is 35.1. The van der Waals surface area contributed by atoms with E-state index in [1.165, 1.54) is 24.3 Å². The van der Waals surface area contributed by atoms with E-state index >= 15 is 0 Å². The number of sulfonamides is 1. The molecule has 304 valence electrons. The van der Waals surface area contributed by atoms with E-state index in [9.17, 15) is 37.4 Å². The fourth-order valence-corrected chi connectivity index (χ4v) is 9.68. The second-order valence-electron chi connectivity index (χ2n) is 15.2. The average Bonchev–Trinajstić information content (AvgIpc) is 3.18. The largest absolute Gasteiger partial charge is 0.508 e. The van der Waals surface area contributed by atoms with Crippen LogP contribution in [-0.2, 0) is 53.6 Å². The van der Waals surface area contributed by atoms with Gasteiger partial charge >= 0.3 is 0 Å². The lowest BCUT2D eigenvalue weighted by Crippen LogP contribution is -2.54. The smallest absolute Gasteiger partial charge is 0.243 e. The number of carbonyl (C=O) groups excluding carboxylic acids is 3. The van der Waals surface area contributed by atoms with Crippen LogP contribution in [0, 0.1) is 0 Å². The van der Waals surface area contributed by atoms with Gasteiger partial charge in [0.05, 0.1) is 4.90 Å². The zero-order valence-corrected chi connectivity index (χ0v) is 34.2. The molecular weight excluding hydrogens is 776 g/mol. The minimum atomic E-state index is -4.71. The zero-order valence-electron chi connectivity index (χ0n) is 32.5. The van der Waals surface area contributed by atoms with Crippen molar-refractivity contribution in [2.45, 2.75) is 68.2 Å². The van der Waals surface area contributed by atoms with E-state index in [2.05, 4.69) is 15.4 Å². The van der Waals surface area contributed by atoms with E-state index in [1.807, 2.05) is 63.2 Å². The Labute approximate surface area is 339 Å². The molecule has 14 heteroatoms. The Morgan fingerprint density at radius 3 is 1.72 bits per heavy atom. The number of benzene rings is 5. The van der Waals surface area contributed by atoms with Crippen LogP contribution in [0.5, 0.6) is 5.75 Å². The number of hydrogen-bond acceptors (Lipinski definition) is 7. The van der Waals surface area contributed by atoms with Crippen molar-refractivity contribution < 1.29 is 37.4 Å². The van der Waals surface area contributed by atoms with E-state index in [4.69, 9.17) is 5.73 Å². The number of hydrogen-bond donors (Lipinski definition) is 6. The highest BCUT2D eigenvalue weighted by Crippen LogP contribution is 2.46. The highest BCUT2D eigenvalue weighted by molar-refractivity contribution is 7.90. The number of nitrogens with two attached hydrogens (primary N) is 1. The lowest BCUT2D eigenvalue weighted by Gasteiger charge is -2.26. The van der Waals surface area contributed by atoms with Crippen LogP contribution < -0.4 is 21.1 Å². The zero-order chi connectivity index (χ0) is 42.1. The van der Waals surface area contributed by atoms with Gasteiger partial charge in [0.15, 0.2) is 0 Å². The second-order valence-corrected chi connectivity index (χ2v) is 19.4. The summed E-state index contributed by atoms with van der Waals surface area (Å²) in [7, 11) is -9.06. The maximum atomic E-state index is 14.2. The molecule has 7 N–H and O–H groups in total. The summed E-state index contributed by atoms with van der Waals surface area (Å²) < 4.78 is 43.9. The fraction of sp³-hybridized carbons (Fsp3) is 0.250. The first-order valence-electron chi connectivity index (χ1n) is 18.7. The topological polar surface area (TPSA) is 205 Å². The molecule has 5 rings (SSSR count). The van der Waals surface area contributed by atoms with Gasteiger partial charge in [0.25, 0.3) is 0 Å². The minimum absolute atomic E-state index is 0.0132. The average molecular weight is 825 g/mol. The Kier molecular flexibility index (Phi) is 14.1. The van der Waals surface area contributed by atoms with Gasteiger partial charge in [-0.05, 0) is 69.5 Å². The predicted molar refractivity (Wildman–Crippen MR) is 225 cm³/mol. The van der Waals surface area contributed by atoms with Gasteiger partial charge in [-0.15, -0.1) is 0 Å². The Morgan fingerprint density at radius 2 is 1.17 bits per heavy atom. The number of primary amides is 1. The van der Waals surface area contributed by atoms with E-state index in [-0.39, 0.29) is 35.3 Å². The van der Waals surface area contributed by atoms with Crippen molar-refractivity contribution >= 4 is 35.1 Å². The summed E-state index contributed by atoms with van der Waals surface area (Å²) in [6.45, 7) is 5.96. The molecule has 0 aromatic heterocycles. The number of carbonyl (C=O) groups is 3. The van der Waals surface area contributed by atoms with Gasteiger partial charge in [-0.3, -0.25) is 18.9 Å². The molecule has 0 aliphatic rings. The molecule has 0 aliphatic carbocycles. The molecule has 12 nitrogen and oxygen atoms in total. The first kappa shape index (κ1) is 43.5. The highest BCUT2D eigenvalue weighted by Gasteiger charge is 2.38. The predicted octanol–water partition coefficient (Wildman–Crippen LogP) is 5.41. The molecule has 0 bridgehead atoms. The molecule has 5 aromatic carbocycles. The van der Waals surface area contributed by atoms with Gasteiger partial charge in [-0.1, -0.05) is 130 Å². The maximum absolute atomic E-state index is 14.2. The lowest BCUT2D eigenvalue weighted by atomic mass is 9.87. The molecule has 0 spiro atoms. The normalized spacial score (nSPS) is 14.3. The van der Waals surface area contributed by atoms with Crippen LogP contribution in [0.1, 0.15) is 43.0 Å². The fourth-order valence-electron chi connectivity index (χ4n) is 6.31. The van der Waals surface area contributed by atoms with Crippen molar-refractivity contribution in [2.75, 3.05) is 6.16 Å². The van der Waals surface area contributed by atoms with Crippen molar-refractivity contribution in [1.82, 2.24) is 15.4 Å². The van der Waals surface area contributed by atoms with Crippen LogP contribution in [0.15, 0.2) is 138 Å². The van der Waals surface area contributed by atoms with E-state index in [1.54, 1.807) is 66.7 Å². The van der Waals surface area contributed by atoms with Crippen LogP contribution in [0.3, 0.4) is 0 Å². The number of aromatic hydroxyl groups is 1. The Hall–Kier alpha value is -5.59. The van der Waals surface area contributed by atoms with Gasteiger partial charge in [0.2, 0.25) is 35.1 Å². The molecule has 0 aliphatic heterocycles. The van der Waals surface area contributed by atoms with Crippen molar-refractivity contribution in [2.24, 2.45) is 5.73 Å². The molecule has 3 amide bonds. The maximum Gasteiger partial charge on any atom is 0.243 e. The van der Waals surface area contributed by atoms with Crippen LogP contribution in [0.25, 0.3) is 11.1 Å². The summed E-state index contributed by atoms with van der Waals surface area (Å²) in [4.78, 5) is 51.6. The number of phenolic OH excluding ortho intramolecular Hbond substituents is 1. The van der Waals surface area contributed by atoms with Gasteiger partial charge in [-0.25, -0.2) is 8.42 Å². The van der Waals surface area contributed by atoms with E-state index in [0.29, 0.717) is 16.7 Å². The summed E-state index contributed by atoms with van der Waals surface area (Å²) >= 11 is 0. The van der Waals surface area contributed by atoms with Crippen LogP contribution >= 0.6 is 7.37 Å². The lowest BCUT2D eigenvalue weighted by molar-refractivity contribution is -0.130. The summed E-state index contributed by atoms with van der Waals surface area (Å²) in [5.41, 5.74) is 9.98. The molecule has 0 radical (unpaired) electrons. The monoisotopic (exact) mass is 824 g/mol. The molecule has 4 atom stereocenters. The first-order valence-corrected chi connectivity index (χ1v) is 22.1. The van der Waals surface area contributed by atoms with Crippen LogP contribution in [-0.4, -0.2) is 60.2 Å². The number of amides is 3. The molecule has 0 saturated carbocycles. The van der Waals surface area contributed by atoms with Crippen molar-refractivity contribution in [3.05, 3.63) is 156 Å². The number of phenols is 1. The highest BCUT2D eigenvalue weighted by atomic mass is 32.2. The summed E-state index contributed by atoms with van der Waals surface area (Å²) in [5.74, 6) is -4.22. The SMILES string of the molecule is CC(C)(C)c1ccc(S(=O)(=O)NC(Cc2ccccc2)P(=O)(O)CC(=O)N[C@@H](Cc2ccc(-c3ccccc3)cc2)C(=O)N[C@@H](Cc2ccc(O)cc2)C(N)=O)cc1. The van der Waals surface area contributed by atoms with Crippen molar-refractivity contribution in [3.8, 4) is 16.9 Å². The molecule has 0 fully saturated rings. The van der Waals surface area contributed by atoms with Gasteiger partial charge in [0, 0.05) is 12.8 Å². The van der Waals surface area contributed by atoms with E-state index in [0.717, 1.165) is 16.7 Å². The number of nitrogens with one attached hydrogen (secondary N) is 3. The molecule has 58 heavy (non-hydrogen) atoms. The van der Waals surface area contributed by atoms with Crippen molar-refractivity contribution in [3.63, 3.8) is 0 Å². The summed E-state index contributed by atoms with van der Waals surface area (Å²) in [5, 5.41) is 14.9. The summed E-state index contributed by atoms with van der Waals surface area (Å²) in [6.07, 6.45) is -1.33. The van der Waals surface area contributed by atoms with Gasteiger partial charge in [0.1, 0.15) is 29.8 Å². The van der Waals surface area contributed by atoms with Gasteiger partial charge in [-0.2, -0.15) is 4.72 Å². The first-order chi connectivity index (χ1) is 27.4. The minimum Gasteiger partial charge on any atom is -0.508 e. The van der Waals surface area contributed by atoms with Crippen LogP contribution in [0.2, 0.25) is 0 Å². The Morgan fingerprint density at radius 1 is 0.672 bits per heavy atom. The third-order valence-corrected chi connectivity index (χ3v) is 13.3. The third-order valence-electron chi connectivity index (χ3n) is 9.64. The van der Waals surface area contributed by atoms with Crippen molar-refractivity contribution in [1.29, 1.82) is 0 Å².